The zero-order valence-electron chi connectivity index (χ0n) is 16.5. The Morgan fingerprint density at radius 1 is 1.30 bits per heavy atom. The number of aromatic nitrogens is 1. The number of nitrogens with one attached hydrogen (secondary N) is 2. The highest BCUT2D eigenvalue weighted by atomic mass is 32.1. The second-order valence-electron chi connectivity index (χ2n) is 6.38. The summed E-state index contributed by atoms with van der Waals surface area (Å²) in [7, 11) is 1.61. The highest BCUT2D eigenvalue weighted by Crippen LogP contribution is 2.26. The summed E-state index contributed by atoms with van der Waals surface area (Å²) < 4.78 is 5.15. The SMILES string of the molecule is COc1ccc(-c2csc(NC(=O)C(N=Nc3cccc(CO)c3)C(C)=N)n2)cc1. The molecule has 0 radical (unpaired) electrons. The Morgan fingerprint density at radius 3 is 2.73 bits per heavy atom. The fraction of sp³-hybridized carbons (Fsp3) is 0.190. The minimum absolute atomic E-state index is 0.0569. The van der Waals surface area contributed by atoms with Crippen molar-refractivity contribution in [1.29, 1.82) is 5.41 Å². The van der Waals surface area contributed by atoms with E-state index in [1.807, 2.05) is 29.6 Å². The van der Waals surface area contributed by atoms with E-state index in [9.17, 15) is 9.90 Å². The van der Waals surface area contributed by atoms with Crippen molar-refractivity contribution >= 4 is 33.8 Å². The molecular weight excluding hydrogens is 402 g/mol. The number of thiazole rings is 1. The molecule has 154 valence electrons. The first-order chi connectivity index (χ1) is 14.5. The number of hydrogen-bond donors (Lipinski definition) is 3. The smallest absolute Gasteiger partial charge is 0.258 e. The molecule has 0 aliphatic carbocycles. The minimum atomic E-state index is -1.07. The van der Waals surface area contributed by atoms with Gasteiger partial charge in [0.2, 0.25) is 0 Å². The van der Waals surface area contributed by atoms with Crippen molar-refractivity contribution in [3.63, 3.8) is 0 Å². The Bertz CT molecular complexity index is 1060. The number of aliphatic hydroxyl groups excluding tert-OH is 1. The maximum absolute atomic E-state index is 12.6. The molecule has 1 unspecified atom stereocenters. The van der Waals surface area contributed by atoms with E-state index in [0.29, 0.717) is 16.4 Å². The first-order valence-corrected chi connectivity index (χ1v) is 9.94. The number of methoxy groups -OCH3 is 1. The number of benzene rings is 2. The van der Waals surface area contributed by atoms with Crippen LogP contribution in [0.4, 0.5) is 10.8 Å². The van der Waals surface area contributed by atoms with Gasteiger partial charge >= 0.3 is 0 Å². The predicted octanol–water partition coefficient (Wildman–Crippen LogP) is 4.44. The second-order valence-corrected chi connectivity index (χ2v) is 7.24. The molecule has 1 atom stereocenters. The van der Waals surface area contributed by atoms with Crippen LogP contribution in [0, 0.1) is 5.41 Å². The van der Waals surface area contributed by atoms with Gasteiger partial charge in [0, 0.05) is 16.7 Å². The van der Waals surface area contributed by atoms with Crippen LogP contribution in [0.25, 0.3) is 11.3 Å². The molecule has 0 fully saturated rings. The summed E-state index contributed by atoms with van der Waals surface area (Å²) in [5.41, 5.74) is 2.87. The number of azo groups is 1. The third-order valence-electron chi connectivity index (χ3n) is 4.16. The van der Waals surface area contributed by atoms with Gasteiger partial charge in [-0.15, -0.1) is 11.3 Å². The summed E-state index contributed by atoms with van der Waals surface area (Å²) in [5.74, 6) is 0.266. The lowest BCUT2D eigenvalue weighted by molar-refractivity contribution is -0.116. The largest absolute Gasteiger partial charge is 0.497 e. The predicted molar refractivity (Wildman–Crippen MR) is 117 cm³/mol. The molecule has 0 aliphatic rings. The number of aliphatic hydroxyl groups is 1. The lowest BCUT2D eigenvalue weighted by atomic mass is 10.2. The normalized spacial score (nSPS) is 12.0. The number of nitrogens with zero attached hydrogens (tertiary/aromatic N) is 3. The van der Waals surface area contributed by atoms with Gasteiger partial charge < -0.3 is 15.3 Å². The molecule has 1 aromatic heterocycles. The van der Waals surface area contributed by atoms with Gasteiger partial charge in [-0.25, -0.2) is 4.98 Å². The summed E-state index contributed by atoms with van der Waals surface area (Å²) in [5, 5.41) is 30.1. The third-order valence-corrected chi connectivity index (χ3v) is 4.92. The zero-order valence-corrected chi connectivity index (χ0v) is 17.3. The molecule has 3 aromatic rings. The van der Waals surface area contributed by atoms with E-state index in [0.717, 1.165) is 17.0 Å². The van der Waals surface area contributed by atoms with E-state index in [1.54, 1.807) is 31.4 Å². The Hall–Kier alpha value is -3.43. The lowest BCUT2D eigenvalue weighted by Gasteiger charge is -2.09. The quantitative estimate of drug-likeness (QED) is 0.366. The molecule has 0 aliphatic heterocycles. The summed E-state index contributed by atoms with van der Waals surface area (Å²) in [6.45, 7) is 1.38. The fourth-order valence-corrected chi connectivity index (χ4v) is 3.30. The molecule has 30 heavy (non-hydrogen) atoms. The van der Waals surface area contributed by atoms with Crippen molar-refractivity contribution in [3.8, 4) is 17.0 Å². The Balaban J connectivity index is 1.71. The van der Waals surface area contributed by atoms with Crippen molar-refractivity contribution < 1.29 is 14.6 Å². The molecular formula is C21H21N5O3S. The van der Waals surface area contributed by atoms with Crippen LogP contribution in [-0.2, 0) is 11.4 Å². The Kier molecular flexibility index (Phi) is 6.99. The van der Waals surface area contributed by atoms with Gasteiger partial charge in [-0.3, -0.25) is 10.1 Å². The summed E-state index contributed by atoms with van der Waals surface area (Å²) in [6, 6.07) is 13.3. The average Bonchev–Trinajstić information content (AvgIpc) is 3.22. The molecule has 0 saturated heterocycles. The molecule has 8 nitrogen and oxygen atoms in total. The Morgan fingerprint density at radius 2 is 2.07 bits per heavy atom. The number of rotatable bonds is 8. The number of anilines is 1. The second kappa shape index (κ2) is 9.86. The number of ether oxygens (including phenoxy) is 1. The summed E-state index contributed by atoms with van der Waals surface area (Å²) in [6.07, 6.45) is 0. The zero-order chi connectivity index (χ0) is 21.5. The van der Waals surface area contributed by atoms with Crippen LogP contribution in [0.5, 0.6) is 5.75 Å². The summed E-state index contributed by atoms with van der Waals surface area (Å²) >= 11 is 1.29. The molecule has 0 saturated carbocycles. The van der Waals surface area contributed by atoms with E-state index in [4.69, 9.17) is 10.1 Å². The van der Waals surface area contributed by atoms with Crippen LogP contribution in [0.1, 0.15) is 12.5 Å². The van der Waals surface area contributed by atoms with Gasteiger partial charge in [-0.05, 0) is 48.9 Å². The van der Waals surface area contributed by atoms with Crippen molar-refractivity contribution in [1.82, 2.24) is 4.98 Å². The van der Waals surface area contributed by atoms with Crippen LogP contribution in [0.2, 0.25) is 0 Å². The van der Waals surface area contributed by atoms with Gasteiger partial charge in [0.1, 0.15) is 5.75 Å². The van der Waals surface area contributed by atoms with Crippen LogP contribution in [0.3, 0.4) is 0 Å². The molecule has 1 amide bonds. The fourth-order valence-electron chi connectivity index (χ4n) is 2.58. The van der Waals surface area contributed by atoms with Crippen LogP contribution in [0.15, 0.2) is 64.1 Å². The number of carbonyl (C=O) groups is 1. The highest BCUT2D eigenvalue weighted by molar-refractivity contribution is 7.14. The number of hydrogen-bond acceptors (Lipinski definition) is 8. The average molecular weight is 423 g/mol. The van der Waals surface area contributed by atoms with Gasteiger partial charge in [0.05, 0.1) is 25.1 Å². The molecule has 9 heteroatoms. The first kappa shape index (κ1) is 21.3. The van der Waals surface area contributed by atoms with Gasteiger partial charge in [-0.2, -0.15) is 10.2 Å². The maximum Gasteiger partial charge on any atom is 0.258 e. The van der Waals surface area contributed by atoms with E-state index in [2.05, 4.69) is 20.5 Å². The first-order valence-electron chi connectivity index (χ1n) is 9.06. The third kappa shape index (κ3) is 5.34. The van der Waals surface area contributed by atoms with Crippen molar-refractivity contribution in [2.45, 2.75) is 19.6 Å². The summed E-state index contributed by atoms with van der Waals surface area (Å²) in [4.78, 5) is 17.1. The van der Waals surface area contributed by atoms with E-state index in [1.165, 1.54) is 18.3 Å². The molecule has 1 heterocycles. The van der Waals surface area contributed by atoms with Crippen molar-refractivity contribution in [2.24, 2.45) is 10.2 Å². The molecule has 0 spiro atoms. The molecule has 3 N–H and O–H groups in total. The molecule has 0 bridgehead atoms. The van der Waals surface area contributed by atoms with E-state index < -0.39 is 11.9 Å². The minimum Gasteiger partial charge on any atom is -0.497 e. The van der Waals surface area contributed by atoms with Crippen LogP contribution < -0.4 is 10.1 Å². The Labute approximate surface area is 177 Å². The highest BCUT2D eigenvalue weighted by Gasteiger charge is 2.21. The number of carbonyl (C=O) groups excluding carboxylic acids is 1. The van der Waals surface area contributed by atoms with Crippen molar-refractivity contribution in [2.75, 3.05) is 12.4 Å². The lowest BCUT2D eigenvalue weighted by Crippen LogP contribution is -2.31. The molecule has 3 rings (SSSR count). The van der Waals surface area contributed by atoms with Crippen LogP contribution in [-0.4, -0.2) is 34.9 Å². The van der Waals surface area contributed by atoms with E-state index in [-0.39, 0.29) is 12.3 Å². The van der Waals surface area contributed by atoms with Gasteiger partial charge in [0.25, 0.3) is 5.91 Å². The van der Waals surface area contributed by atoms with E-state index >= 15 is 0 Å². The monoisotopic (exact) mass is 423 g/mol. The van der Waals surface area contributed by atoms with Gasteiger partial charge in [0.15, 0.2) is 11.2 Å². The number of amides is 1. The standard InChI is InChI=1S/C21H21N5O3S/c1-13(22)19(26-25-16-5-3-4-14(10-16)11-27)20(28)24-21-23-18(12-30-21)15-6-8-17(29-2)9-7-15/h3-10,12,19,22,27H,11H2,1-2H3,(H,23,24,28). The van der Waals surface area contributed by atoms with Crippen LogP contribution >= 0.6 is 11.3 Å². The topological polar surface area (TPSA) is 120 Å². The van der Waals surface area contributed by atoms with Gasteiger partial charge in [-0.1, -0.05) is 12.1 Å². The van der Waals surface area contributed by atoms with Crippen molar-refractivity contribution in [3.05, 3.63) is 59.5 Å². The maximum atomic E-state index is 12.6. The molecule has 2 aromatic carbocycles.